The van der Waals surface area contributed by atoms with E-state index in [0.717, 1.165) is 64.2 Å². The van der Waals surface area contributed by atoms with Gasteiger partial charge in [0.15, 0.2) is 0 Å². The van der Waals surface area contributed by atoms with E-state index >= 15 is 0 Å². The maximum absolute atomic E-state index is 12.5. The van der Waals surface area contributed by atoms with E-state index in [1.165, 1.54) is 38.5 Å². The summed E-state index contributed by atoms with van der Waals surface area (Å²) in [5.41, 5.74) is 0. The Hall–Kier alpha value is -3.46. The van der Waals surface area contributed by atoms with E-state index in [0.29, 0.717) is 12.8 Å². The standard InChI is InChI=1S/C39H64N2O7/c1-3-5-7-9-10-11-12-13-14-15-16-17-18-23-27-31-38(45)48-34(28-24-20-8-6-4-2)29-25-21-19-22-26-30-36(43)40-32-37(44)41-35(33-42)39(46)47/h6,8,10-11,13-14,24-25,28-29,34-35,42H,3-5,7,9,12,15-23,26-27,30-33H2,1-2H3,(H,40,43)(H,41,44)(H,46,47)/b8-6-,11-10-,14-13-,28-24-,29-25-. The molecule has 272 valence electrons. The van der Waals surface area contributed by atoms with Crippen molar-refractivity contribution in [3.63, 3.8) is 0 Å². The van der Waals surface area contributed by atoms with Gasteiger partial charge in [-0.3, -0.25) is 14.4 Å². The van der Waals surface area contributed by atoms with Crippen molar-refractivity contribution in [3.8, 4) is 0 Å². The maximum Gasteiger partial charge on any atom is 0.328 e. The fourth-order valence-corrected chi connectivity index (χ4v) is 4.64. The number of ether oxygens (including phenoxy) is 1. The molecule has 0 bridgehead atoms. The Morgan fingerprint density at radius 3 is 1.88 bits per heavy atom. The summed E-state index contributed by atoms with van der Waals surface area (Å²) < 4.78 is 5.74. The first-order valence-corrected chi connectivity index (χ1v) is 18.2. The van der Waals surface area contributed by atoms with Gasteiger partial charge in [0.25, 0.3) is 0 Å². The SMILES string of the molecule is CC/C=C\C/C=C\C(/C=C\CCCCCC(=O)NCC(=O)NC(CO)C(=O)O)OC(=O)CCCCCCC/C=C\C/C=C\CCCCC. The van der Waals surface area contributed by atoms with Gasteiger partial charge >= 0.3 is 11.9 Å². The maximum atomic E-state index is 12.5. The number of amides is 2. The third kappa shape index (κ3) is 29.9. The molecule has 9 nitrogen and oxygen atoms in total. The van der Waals surface area contributed by atoms with Crippen molar-refractivity contribution in [1.29, 1.82) is 0 Å². The average Bonchev–Trinajstić information content (AvgIpc) is 3.07. The topological polar surface area (TPSA) is 142 Å². The highest BCUT2D eigenvalue weighted by Gasteiger charge is 2.18. The Kier molecular flexibility index (Phi) is 31.0. The second-order valence-electron chi connectivity index (χ2n) is 11.9. The highest BCUT2D eigenvalue weighted by molar-refractivity contribution is 5.87. The largest absolute Gasteiger partial charge is 0.480 e. The van der Waals surface area contributed by atoms with Gasteiger partial charge in [-0.1, -0.05) is 101 Å². The lowest BCUT2D eigenvalue weighted by Gasteiger charge is -2.12. The van der Waals surface area contributed by atoms with Crippen LogP contribution in [-0.2, 0) is 23.9 Å². The van der Waals surface area contributed by atoms with Gasteiger partial charge in [-0.2, -0.15) is 0 Å². The minimum atomic E-state index is -1.39. The van der Waals surface area contributed by atoms with Crippen LogP contribution in [0.15, 0.2) is 60.8 Å². The van der Waals surface area contributed by atoms with Gasteiger partial charge in [0, 0.05) is 12.8 Å². The van der Waals surface area contributed by atoms with Crippen molar-refractivity contribution in [1.82, 2.24) is 10.6 Å². The summed E-state index contributed by atoms with van der Waals surface area (Å²) in [5.74, 6) is -2.50. The van der Waals surface area contributed by atoms with E-state index in [1.807, 2.05) is 24.3 Å². The molecule has 9 heteroatoms. The van der Waals surface area contributed by atoms with Crippen molar-refractivity contribution in [2.45, 2.75) is 148 Å². The van der Waals surface area contributed by atoms with E-state index in [9.17, 15) is 19.2 Å². The van der Waals surface area contributed by atoms with Gasteiger partial charge in [0.1, 0.15) is 12.1 Å². The van der Waals surface area contributed by atoms with Gasteiger partial charge in [0.05, 0.1) is 13.2 Å². The normalized spacial score (nSPS) is 13.2. The lowest BCUT2D eigenvalue weighted by Crippen LogP contribution is -2.47. The summed E-state index contributed by atoms with van der Waals surface area (Å²) in [6.07, 6.45) is 38.8. The van der Waals surface area contributed by atoms with E-state index in [-0.39, 0.29) is 24.8 Å². The summed E-state index contributed by atoms with van der Waals surface area (Å²) in [6.45, 7) is 3.25. The van der Waals surface area contributed by atoms with Crippen LogP contribution in [0.25, 0.3) is 0 Å². The number of aliphatic hydroxyl groups is 1. The van der Waals surface area contributed by atoms with Gasteiger partial charge in [0.2, 0.25) is 11.8 Å². The number of carbonyl (C=O) groups is 4. The molecule has 2 atom stereocenters. The number of nitrogens with one attached hydrogen (secondary N) is 2. The molecule has 0 aromatic heterocycles. The molecule has 0 rings (SSSR count). The second kappa shape index (κ2) is 33.4. The van der Waals surface area contributed by atoms with E-state index in [2.05, 4.69) is 60.9 Å². The number of carbonyl (C=O) groups excluding carboxylic acids is 3. The summed E-state index contributed by atoms with van der Waals surface area (Å²) in [4.78, 5) is 47.1. The van der Waals surface area contributed by atoms with Crippen LogP contribution >= 0.6 is 0 Å². The highest BCUT2D eigenvalue weighted by atomic mass is 16.5. The number of aliphatic hydroxyl groups excluding tert-OH is 1. The van der Waals surface area contributed by atoms with Gasteiger partial charge < -0.3 is 25.6 Å². The Labute approximate surface area is 290 Å². The van der Waals surface area contributed by atoms with Crippen molar-refractivity contribution < 1.29 is 34.1 Å². The number of unbranched alkanes of at least 4 members (excludes halogenated alkanes) is 11. The Balaban J connectivity index is 4.26. The third-order valence-electron chi connectivity index (χ3n) is 7.46. The summed E-state index contributed by atoms with van der Waals surface area (Å²) in [6, 6.07) is -1.39. The Morgan fingerprint density at radius 1 is 0.646 bits per heavy atom. The molecular weight excluding hydrogens is 608 g/mol. The van der Waals surface area contributed by atoms with Crippen LogP contribution in [0.5, 0.6) is 0 Å². The molecule has 4 N–H and O–H groups in total. The molecule has 0 aromatic rings. The van der Waals surface area contributed by atoms with E-state index < -0.39 is 30.6 Å². The summed E-state index contributed by atoms with van der Waals surface area (Å²) in [7, 11) is 0. The molecule has 0 aromatic carbocycles. The van der Waals surface area contributed by atoms with Crippen LogP contribution in [0.4, 0.5) is 0 Å². The van der Waals surface area contributed by atoms with Crippen molar-refractivity contribution >= 4 is 23.8 Å². The van der Waals surface area contributed by atoms with Crippen LogP contribution in [0.3, 0.4) is 0 Å². The minimum absolute atomic E-state index is 0.182. The molecule has 0 radical (unpaired) electrons. The molecule has 0 saturated carbocycles. The van der Waals surface area contributed by atoms with Gasteiger partial charge in [-0.15, -0.1) is 0 Å². The number of hydrogen-bond acceptors (Lipinski definition) is 6. The quantitative estimate of drug-likeness (QED) is 0.0334. The van der Waals surface area contributed by atoms with E-state index in [4.69, 9.17) is 14.9 Å². The van der Waals surface area contributed by atoms with Crippen LogP contribution in [0.1, 0.15) is 136 Å². The third-order valence-corrected chi connectivity index (χ3v) is 7.46. The van der Waals surface area contributed by atoms with Gasteiger partial charge in [-0.25, -0.2) is 4.79 Å². The predicted molar refractivity (Wildman–Crippen MR) is 194 cm³/mol. The number of carboxylic acids is 1. The lowest BCUT2D eigenvalue weighted by molar-refractivity contribution is -0.145. The molecule has 0 heterocycles. The zero-order chi connectivity index (χ0) is 35.5. The molecule has 0 fully saturated rings. The van der Waals surface area contributed by atoms with Crippen molar-refractivity contribution in [2.75, 3.05) is 13.2 Å². The number of hydrogen-bond donors (Lipinski definition) is 4. The number of carboxylic acid groups (broad SMARTS) is 1. The van der Waals surface area contributed by atoms with Crippen LogP contribution in [0.2, 0.25) is 0 Å². The molecule has 0 aliphatic carbocycles. The molecule has 0 aliphatic heterocycles. The fraction of sp³-hybridized carbons (Fsp3) is 0.641. The van der Waals surface area contributed by atoms with Crippen molar-refractivity contribution in [2.24, 2.45) is 0 Å². The van der Waals surface area contributed by atoms with Gasteiger partial charge in [-0.05, 0) is 82.8 Å². The predicted octanol–water partition coefficient (Wildman–Crippen LogP) is 7.81. The second-order valence-corrected chi connectivity index (χ2v) is 11.9. The number of rotatable bonds is 31. The summed E-state index contributed by atoms with van der Waals surface area (Å²) in [5, 5.41) is 22.4. The Bertz CT molecular complexity index is 1000. The smallest absolute Gasteiger partial charge is 0.328 e. The molecule has 0 spiro atoms. The monoisotopic (exact) mass is 672 g/mol. The number of esters is 1. The van der Waals surface area contributed by atoms with E-state index in [1.54, 1.807) is 0 Å². The number of allylic oxidation sites excluding steroid dienone is 8. The zero-order valence-corrected chi connectivity index (χ0v) is 29.7. The number of aliphatic carboxylic acids is 1. The van der Waals surface area contributed by atoms with Crippen molar-refractivity contribution in [3.05, 3.63) is 60.8 Å². The molecule has 2 amide bonds. The van der Waals surface area contributed by atoms with Crippen LogP contribution in [0, 0.1) is 0 Å². The zero-order valence-electron chi connectivity index (χ0n) is 29.7. The Morgan fingerprint density at radius 2 is 1.21 bits per heavy atom. The lowest BCUT2D eigenvalue weighted by atomic mass is 10.1. The first kappa shape index (κ1) is 44.5. The highest BCUT2D eigenvalue weighted by Crippen LogP contribution is 2.11. The average molecular weight is 673 g/mol. The molecule has 0 aliphatic rings. The van der Waals surface area contributed by atoms with Crippen LogP contribution in [-0.4, -0.2) is 59.3 Å². The summed E-state index contributed by atoms with van der Waals surface area (Å²) >= 11 is 0. The fourth-order valence-electron chi connectivity index (χ4n) is 4.64. The molecular formula is C39H64N2O7. The minimum Gasteiger partial charge on any atom is -0.480 e. The first-order chi connectivity index (χ1) is 23.3. The van der Waals surface area contributed by atoms with Crippen LogP contribution < -0.4 is 10.6 Å². The molecule has 48 heavy (non-hydrogen) atoms. The molecule has 2 unspecified atom stereocenters. The first-order valence-electron chi connectivity index (χ1n) is 18.2. The molecule has 0 saturated heterocycles.